The number of amides is 1. The monoisotopic (exact) mass is 338 g/mol. The van der Waals surface area contributed by atoms with Crippen molar-refractivity contribution in [1.29, 1.82) is 0 Å². The fourth-order valence-corrected chi connectivity index (χ4v) is 6.27. The molecule has 1 fully saturated rings. The largest absolute Gasteiger partial charge is 0.369 e. The second-order valence-corrected chi connectivity index (χ2v) is 8.72. The summed E-state index contributed by atoms with van der Waals surface area (Å²) >= 11 is 1.48. The van der Waals surface area contributed by atoms with Crippen molar-refractivity contribution in [2.45, 2.75) is 24.7 Å². The van der Waals surface area contributed by atoms with Gasteiger partial charge in [-0.05, 0) is 25.8 Å². The minimum Gasteiger partial charge on any atom is -0.369 e. The number of aryl methyl sites for hydroxylation is 1. The van der Waals surface area contributed by atoms with Crippen LogP contribution in [0, 0.1) is 12.8 Å². The molecule has 1 aromatic carbocycles. The molecule has 1 saturated heterocycles. The minimum absolute atomic E-state index is 0.182. The van der Waals surface area contributed by atoms with Gasteiger partial charge in [0.15, 0.2) is 0 Å². The van der Waals surface area contributed by atoms with Gasteiger partial charge in [-0.1, -0.05) is 18.2 Å². The van der Waals surface area contributed by atoms with E-state index < -0.39 is 21.8 Å². The molecule has 0 bridgehead atoms. The van der Waals surface area contributed by atoms with Crippen LogP contribution in [-0.2, 0) is 14.8 Å². The Bertz CT molecular complexity index is 826. The highest BCUT2D eigenvalue weighted by molar-refractivity contribution is 7.89. The number of primary amides is 1. The van der Waals surface area contributed by atoms with Gasteiger partial charge in [0, 0.05) is 28.1 Å². The summed E-state index contributed by atoms with van der Waals surface area (Å²) in [6.07, 6.45) is 1.32. The molecule has 0 aliphatic carbocycles. The Balaban J connectivity index is 2.05. The van der Waals surface area contributed by atoms with Gasteiger partial charge in [0.05, 0.1) is 5.92 Å². The first-order chi connectivity index (χ1) is 10.4. The highest BCUT2D eigenvalue weighted by Gasteiger charge is 2.34. The number of rotatable bonds is 3. The number of piperidine rings is 1. The lowest BCUT2D eigenvalue weighted by Gasteiger charge is -2.30. The van der Waals surface area contributed by atoms with Crippen molar-refractivity contribution in [3.05, 3.63) is 29.1 Å². The van der Waals surface area contributed by atoms with Crippen molar-refractivity contribution in [2.24, 2.45) is 11.7 Å². The van der Waals surface area contributed by atoms with Crippen molar-refractivity contribution in [3.63, 3.8) is 0 Å². The number of hydrogen-bond acceptors (Lipinski definition) is 4. The highest BCUT2D eigenvalue weighted by atomic mass is 32.2. The molecule has 2 heterocycles. The van der Waals surface area contributed by atoms with Crippen LogP contribution < -0.4 is 5.73 Å². The van der Waals surface area contributed by atoms with Crippen LogP contribution in [0.15, 0.2) is 29.2 Å². The topological polar surface area (TPSA) is 80.5 Å². The van der Waals surface area contributed by atoms with E-state index in [1.165, 1.54) is 15.6 Å². The third-order valence-corrected chi connectivity index (χ3v) is 7.37. The van der Waals surface area contributed by atoms with Crippen LogP contribution in [0.5, 0.6) is 0 Å². The highest BCUT2D eigenvalue weighted by Crippen LogP contribution is 2.36. The standard InChI is InChI=1S/C15H18N2O3S2/c1-10-14(12-6-2-3-7-13(12)21-10)22(19,20)17-8-4-5-11(9-17)15(16)18/h2-3,6-7,11H,4-5,8-9H2,1H3,(H2,16,18). The fourth-order valence-electron chi connectivity index (χ4n) is 2.99. The lowest BCUT2D eigenvalue weighted by molar-refractivity contribution is -0.122. The van der Waals surface area contributed by atoms with Gasteiger partial charge in [-0.3, -0.25) is 4.79 Å². The average Bonchev–Trinajstić information content (AvgIpc) is 2.83. The van der Waals surface area contributed by atoms with E-state index in [0.717, 1.165) is 15.0 Å². The van der Waals surface area contributed by atoms with E-state index in [-0.39, 0.29) is 6.54 Å². The third kappa shape index (κ3) is 2.53. The van der Waals surface area contributed by atoms with Crippen LogP contribution in [0.25, 0.3) is 10.1 Å². The number of thiophene rings is 1. The van der Waals surface area contributed by atoms with Gasteiger partial charge in [0.25, 0.3) is 0 Å². The predicted molar refractivity (Wildman–Crippen MR) is 87.2 cm³/mol. The normalized spacial score (nSPS) is 20.3. The van der Waals surface area contributed by atoms with Crippen LogP contribution >= 0.6 is 11.3 Å². The quantitative estimate of drug-likeness (QED) is 0.930. The number of nitrogens with two attached hydrogens (primary N) is 1. The van der Waals surface area contributed by atoms with E-state index in [0.29, 0.717) is 24.3 Å². The Hall–Kier alpha value is -1.44. The molecule has 2 N–H and O–H groups in total. The Kier molecular flexibility index (Phi) is 3.96. The maximum absolute atomic E-state index is 13.0. The minimum atomic E-state index is -3.61. The SMILES string of the molecule is Cc1sc2ccccc2c1S(=O)(=O)N1CCCC(C(N)=O)C1. The van der Waals surface area contributed by atoms with Crippen LogP contribution in [-0.4, -0.2) is 31.7 Å². The Morgan fingerprint density at radius 2 is 2.09 bits per heavy atom. The summed E-state index contributed by atoms with van der Waals surface area (Å²) in [5, 5.41) is 0.756. The molecule has 2 aromatic rings. The van der Waals surface area contributed by atoms with Crippen LogP contribution in [0.3, 0.4) is 0 Å². The lowest BCUT2D eigenvalue weighted by Crippen LogP contribution is -2.44. The molecule has 1 atom stereocenters. The van der Waals surface area contributed by atoms with Crippen molar-refractivity contribution < 1.29 is 13.2 Å². The molecule has 0 saturated carbocycles. The maximum atomic E-state index is 13.0. The Morgan fingerprint density at radius 3 is 2.82 bits per heavy atom. The Labute approximate surface area is 133 Å². The zero-order valence-electron chi connectivity index (χ0n) is 12.3. The Morgan fingerprint density at radius 1 is 1.36 bits per heavy atom. The van der Waals surface area contributed by atoms with Crippen molar-refractivity contribution >= 4 is 37.4 Å². The number of fused-ring (bicyclic) bond motifs is 1. The maximum Gasteiger partial charge on any atom is 0.244 e. The van der Waals surface area contributed by atoms with Crippen LogP contribution in [0.2, 0.25) is 0 Å². The second-order valence-electron chi connectivity index (χ2n) is 5.59. The number of benzene rings is 1. The second kappa shape index (κ2) is 5.64. The van der Waals surface area contributed by atoms with Gasteiger partial charge in [0.2, 0.25) is 15.9 Å². The fraction of sp³-hybridized carbons (Fsp3) is 0.400. The van der Waals surface area contributed by atoms with E-state index in [9.17, 15) is 13.2 Å². The summed E-state index contributed by atoms with van der Waals surface area (Å²) in [6, 6.07) is 7.50. The molecule has 5 nitrogen and oxygen atoms in total. The number of hydrogen-bond donors (Lipinski definition) is 1. The summed E-state index contributed by atoms with van der Waals surface area (Å²) in [5.74, 6) is -0.819. The first-order valence-electron chi connectivity index (χ1n) is 7.19. The van der Waals surface area contributed by atoms with E-state index in [2.05, 4.69) is 0 Å². The van der Waals surface area contributed by atoms with E-state index >= 15 is 0 Å². The average molecular weight is 338 g/mol. The summed E-state index contributed by atoms with van der Waals surface area (Å²) in [4.78, 5) is 12.5. The van der Waals surface area contributed by atoms with Gasteiger partial charge in [-0.15, -0.1) is 11.3 Å². The zero-order chi connectivity index (χ0) is 15.9. The molecule has 22 heavy (non-hydrogen) atoms. The molecule has 1 amide bonds. The predicted octanol–water partition coefficient (Wildman–Crippen LogP) is 2.10. The van der Waals surface area contributed by atoms with E-state index in [1.54, 1.807) is 0 Å². The van der Waals surface area contributed by atoms with Crippen LogP contribution in [0.4, 0.5) is 0 Å². The first-order valence-corrected chi connectivity index (χ1v) is 9.44. The van der Waals surface area contributed by atoms with Crippen LogP contribution in [0.1, 0.15) is 17.7 Å². The molecule has 0 spiro atoms. The molecule has 1 aliphatic rings. The lowest BCUT2D eigenvalue weighted by atomic mass is 9.99. The number of sulfonamides is 1. The molecule has 1 aliphatic heterocycles. The van der Waals surface area contributed by atoms with Gasteiger partial charge in [0.1, 0.15) is 4.90 Å². The number of nitrogens with zero attached hydrogens (tertiary/aromatic N) is 1. The molecular formula is C15H18N2O3S2. The molecule has 1 unspecified atom stereocenters. The zero-order valence-corrected chi connectivity index (χ0v) is 13.9. The number of carbonyl (C=O) groups excluding carboxylic acids is 1. The molecule has 7 heteroatoms. The molecule has 1 aromatic heterocycles. The molecule has 118 valence electrons. The van der Waals surface area contributed by atoms with Gasteiger partial charge < -0.3 is 5.73 Å². The van der Waals surface area contributed by atoms with E-state index in [1.807, 2.05) is 31.2 Å². The van der Waals surface area contributed by atoms with Crippen molar-refractivity contribution in [3.8, 4) is 0 Å². The summed E-state index contributed by atoms with van der Waals surface area (Å²) in [6.45, 7) is 2.45. The summed E-state index contributed by atoms with van der Waals surface area (Å²) in [5.41, 5.74) is 5.35. The van der Waals surface area contributed by atoms with Crippen molar-refractivity contribution in [1.82, 2.24) is 4.31 Å². The van der Waals surface area contributed by atoms with Gasteiger partial charge in [-0.25, -0.2) is 8.42 Å². The summed E-state index contributed by atoms with van der Waals surface area (Å²) in [7, 11) is -3.61. The molecular weight excluding hydrogens is 320 g/mol. The third-order valence-electron chi connectivity index (χ3n) is 4.10. The number of carbonyl (C=O) groups is 1. The van der Waals surface area contributed by atoms with Gasteiger partial charge in [-0.2, -0.15) is 4.31 Å². The van der Waals surface area contributed by atoms with E-state index in [4.69, 9.17) is 5.73 Å². The van der Waals surface area contributed by atoms with Gasteiger partial charge >= 0.3 is 0 Å². The first kappa shape index (κ1) is 15.5. The molecule has 3 rings (SSSR count). The molecule has 0 radical (unpaired) electrons. The van der Waals surface area contributed by atoms with Crippen molar-refractivity contribution in [2.75, 3.05) is 13.1 Å². The summed E-state index contributed by atoms with van der Waals surface area (Å²) < 4.78 is 28.4. The smallest absolute Gasteiger partial charge is 0.244 e.